The fraction of sp³-hybridized carbons (Fsp3) is 0.333. The zero-order chi connectivity index (χ0) is 27.2. The van der Waals surface area contributed by atoms with E-state index in [1.165, 1.54) is 0 Å². The molecule has 1 heterocycles. The Labute approximate surface area is 233 Å². The van der Waals surface area contributed by atoms with Crippen molar-refractivity contribution >= 4 is 34.8 Å². The van der Waals surface area contributed by atoms with Gasteiger partial charge in [-0.1, -0.05) is 59.6 Å². The Hall–Kier alpha value is -2.90. The largest absolute Gasteiger partial charge is 0.497 e. The first kappa shape index (κ1) is 28.1. The van der Waals surface area contributed by atoms with E-state index in [0.717, 1.165) is 6.54 Å². The van der Waals surface area contributed by atoms with Crippen LogP contribution < -0.4 is 14.8 Å². The SMILES string of the molecule is CNCCN1CC(C(=O)c2cccc(OC)c2)C(c2cccc(Cl)c2Cl)C(C(=O)c2cccc(OC)c2)C1. The highest BCUT2D eigenvalue weighted by Gasteiger charge is 2.45. The molecule has 1 saturated heterocycles. The van der Waals surface area contributed by atoms with Crippen LogP contribution in [0.4, 0.5) is 0 Å². The van der Waals surface area contributed by atoms with E-state index < -0.39 is 17.8 Å². The van der Waals surface area contributed by atoms with Crippen LogP contribution in [0.2, 0.25) is 10.0 Å². The third-order valence-electron chi connectivity index (χ3n) is 7.18. The van der Waals surface area contributed by atoms with E-state index in [1.807, 2.05) is 19.2 Å². The number of likely N-dealkylation sites (tertiary alicyclic amines) is 1. The van der Waals surface area contributed by atoms with Crippen LogP contribution >= 0.6 is 23.2 Å². The van der Waals surface area contributed by atoms with E-state index in [0.29, 0.717) is 57.9 Å². The highest BCUT2D eigenvalue weighted by Crippen LogP contribution is 2.45. The fourth-order valence-corrected chi connectivity index (χ4v) is 5.71. The Kier molecular flexibility index (Phi) is 9.44. The van der Waals surface area contributed by atoms with Crippen LogP contribution in [-0.2, 0) is 0 Å². The number of hydrogen-bond acceptors (Lipinski definition) is 6. The summed E-state index contributed by atoms with van der Waals surface area (Å²) in [6.45, 7) is 2.37. The summed E-state index contributed by atoms with van der Waals surface area (Å²) in [5, 5.41) is 3.93. The summed E-state index contributed by atoms with van der Waals surface area (Å²) in [5.41, 5.74) is 1.76. The number of carbonyl (C=O) groups excluding carboxylic acids is 2. The maximum atomic E-state index is 14.2. The molecule has 0 aliphatic carbocycles. The average Bonchev–Trinajstić information content (AvgIpc) is 2.96. The fourth-order valence-electron chi connectivity index (χ4n) is 5.28. The summed E-state index contributed by atoms with van der Waals surface area (Å²) in [6, 6.07) is 19.7. The quantitative estimate of drug-likeness (QED) is 0.328. The lowest BCUT2D eigenvalue weighted by molar-refractivity contribution is 0.0576. The lowest BCUT2D eigenvalue weighted by atomic mass is 9.68. The molecule has 1 N–H and O–H groups in total. The highest BCUT2D eigenvalue weighted by molar-refractivity contribution is 6.42. The van der Waals surface area contributed by atoms with Crippen LogP contribution in [0.15, 0.2) is 66.7 Å². The van der Waals surface area contributed by atoms with E-state index in [1.54, 1.807) is 68.8 Å². The lowest BCUT2D eigenvalue weighted by Gasteiger charge is -2.43. The number of Topliss-reactive ketones (excluding diaryl/α,β-unsaturated/α-hetero) is 2. The summed E-state index contributed by atoms with van der Waals surface area (Å²) < 4.78 is 10.8. The van der Waals surface area contributed by atoms with E-state index in [9.17, 15) is 9.59 Å². The first-order valence-electron chi connectivity index (χ1n) is 12.5. The summed E-state index contributed by atoms with van der Waals surface area (Å²) in [7, 11) is 5.03. The second-order valence-electron chi connectivity index (χ2n) is 9.44. The van der Waals surface area contributed by atoms with E-state index in [4.69, 9.17) is 32.7 Å². The van der Waals surface area contributed by atoms with Crippen molar-refractivity contribution in [3.63, 3.8) is 0 Å². The molecular weight excluding hydrogens is 523 g/mol. The van der Waals surface area contributed by atoms with E-state index in [2.05, 4.69) is 10.2 Å². The number of nitrogens with zero attached hydrogens (tertiary/aromatic N) is 1. The maximum absolute atomic E-state index is 14.2. The molecule has 1 aliphatic rings. The predicted octanol–water partition coefficient (Wildman–Crippen LogP) is 5.63. The minimum absolute atomic E-state index is 0.0671. The standard InChI is InChI=1S/C30H32Cl2N2O4/c1-33-13-14-34-17-24(29(35)19-7-4-9-21(15-19)37-2)27(23-11-6-12-26(31)28(23)32)25(18-34)30(36)20-8-5-10-22(16-20)38-3/h4-12,15-16,24-25,27,33H,13-14,17-18H2,1-3H3. The van der Waals surface area contributed by atoms with Crippen LogP contribution in [0.3, 0.4) is 0 Å². The lowest BCUT2D eigenvalue weighted by Crippen LogP contribution is -2.51. The van der Waals surface area contributed by atoms with Gasteiger partial charge in [0.05, 0.1) is 24.3 Å². The van der Waals surface area contributed by atoms with Gasteiger partial charge in [0.2, 0.25) is 0 Å². The molecule has 2 unspecified atom stereocenters. The molecule has 200 valence electrons. The molecule has 0 spiro atoms. The molecule has 1 aliphatic heterocycles. The number of ketones is 2. The third-order valence-corrected chi connectivity index (χ3v) is 8.01. The second-order valence-corrected chi connectivity index (χ2v) is 10.2. The van der Waals surface area contributed by atoms with Gasteiger partial charge in [-0.15, -0.1) is 0 Å². The minimum Gasteiger partial charge on any atom is -0.497 e. The number of carbonyl (C=O) groups is 2. The summed E-state index contributed by atoms with van der Waals surface area (Å²) >= 11 is 13.2. The molecule has 1 fully saturated rings. The van der Waals surface area contributed by atoms with E-state index >= 15 is 0 Å². The Morgan fingerprint density at radius 1 is 0.868 bits per heavy atom. The van der Waals surface area contributed by atoms with Crippen molar-refractivity contribution in [3.05, 3.63) is 93.5 Å². The molecule has 2 atom stereocenters. The molecule has 3 aromatic carbocycles. The topological polar surface area (TPSA) is 67.9 Å². The van der Waals surface area contributed by atoms with Crippen molar-refractivity contribution in [1.82, 2.24) is 10.2 Å². The van der Waals surface area contributed by atoms with Gasteiger partial charge in [0.25, 0.3) is 0 Å². The molecular formula is C30H32Cl2N2O4. The smallest absolute Gasteiger partial charge is 0.167 e. The van der Waals surface area contributed by atoms with Crippen molar-refractivity contribution < 1.29 is 19.1 Å². The molecule has 38 heavy (non-hydrogen) atoms. The molecule has 0 bridgehead atoms. The number of piperidine rings is 1. The van der Waals surface area contributed by atoms with Gasteiger partial charge in [-0.3, -0.25) is 9.59 Å². The number of halogens is 2. The highest BCUT2D eigenvalue weighted by atomic mass is 35.5. The van der Waals surface area contributed by atoms with Crippen molar-refractivity contribution in [2.75, 3.05) is 47.4 Å². The number of rotatable bonds is 10. The van der Waals surface area contributed by atoms with Gasteiger partial charge in [-0.05, 0) is 42.9 Å². The zero-order valence-electron chi connectivity index (χ0n) is 21.7. The number of nitrogens with one attached hydrogen (secondary N) is 1. The summed E-state index contributed by atoms with van der Waals surface area (Å²) in [6.07, 6.45) is 0. The first-order chi connectivity index (χ1) is 18.4. The maximum Gasteiger partial charge on any atom is 0.167 e. The molecule has 3 aromatic rings. The molecule has 0 radical (unpaired) electrons. The van der Waals surface area contributed by atoms with Crippen molar-refractivity contribution in [3.8, 4) is 11.5 Å². The average molecular weight is 556 g/mol. The van der Waals surface area contributed by atoms with Gasteiger partial charge in [0, 0.05) is 55.1 Å². The van der Waals surface area contributed by atoms with E-state index in [-0.39, 0.29) is 11.6 Å². The minimum atomic E-state index is -0.539. The Morgan fingerprint density at radius 2 is 1.39 bits per heavy atom. The van der Waals surface area contributed by atoms with Crippen LogP contribution in [0.25, 0.3) is 0 Å². The number of benzene rings is 3. The van der Waals surface area contributed by atoms with Gasteiger partial charge in [0.1, 0.15) is 11.5 Å². The third kappa shape index (κ3) is 6.05. The summed E-state index contributed by atoms with van der Waals surface area (Å²) in [4.78, 5) is 30.5. The van der Waals surface area contributed by atoms with Gasteiger partial charge in [-0.25, -0.2) is 0 Å². The zero-order valence-corrected chi connectivity index (χ0v) is 23.3. The normalized spacial score (nSPS) is 19.7. The number of likely N-dealkylation sites (N-methyl/N-ethyl adjacent to an activating group) is 1. The Bertz CT molecular complexity index is 1230. The molecule has 0 saturated carbocycles. The van der Waals surface area contributed by atoms with Crippen LogP contribution in [0.1, 0.15) is 32.2 Å². The van der Waals surface area contributed by atoms with Crippen LogP contribution in [0.5, 0.6) is 11.5 Å². The number of methoxy groups -OCH3 is 2. The van der Waals surface area contributed by atoms with Gasteiger partial charge in [-0.2, -0.15) is 0 Å². The second kappa shape index (κ2) is 12.8. The van der Waals surface area contributed by atoms with Gasteiger partial charge in [0.15, 0.2) is 11.6 Å². The summed E-state index contributed by atoms with van der Waals surface area (Å²) in [5.74, 6) is -0.499. The number of hydrogen-bond donors (Lipinski definition) is 1. The number of ether oxygens (including phenoxy) is 2. The predicted molar refractivity (Wildman–Crippen MR) is 151 cm³/mol. The molecule has 8 heteroatoms. The molecule has 6 nitrogen and oxygen atoms in total. The Balaban J connectivity index is 1.85. The van der Waals surface area contributed by atoms with Crippen LogP contribution in [-0.4, -0.2) is 63.9 Å². The molecule has 0 amide bonds. The van der Waals surface area contributed by atoms with Crippen LogP contribution in [0, 0.1) is 11.8 Å². The van der Waals surface area contributed by atoms with Gasteiger partial charge < -0.3 is 19.7 Å². The van der Waals surface area contributed by atoms with Crippen molar-refractivity contribution in [2.24, 2.45) is 11.8 Å². The van der Waals surface area contributed by atoms with Crippen molar-refractivity contribution in [2.45, 2.75) is 5.92 Å². The monoisotopic (exact) mass is 554 g/mol. The van der Waals surface area contributed by atoms with Gasteiger partial charge >= 0.3 is 0 Å². The molecule has 4 rings (SSSR count). The van der Waals surface area contributed by atoms with Crippen molar-refractivity contribution in [1.29, 1.82) is 0 Å². The molecule has 0 aromatic heterocycles. The first-order valence-corrected chi connectivity index (χ1v) is 13.3. The Morgan fingerprint density at radius 3 is 1.89 bits per heavy atom.